The van der Waals surface area contributed by atoms with Crippen LogP contribution in [-0.4, -0.2) is 48.9 Å². The van der Waals surface area contributed by atoms with E-state index in [4.69, 9.17) is 11.6 Å². The topological polar surface area (TPSA) is 67.1 Å². The van der Waals surface area contributed by atoms with E-state index in [0.717, 1.165) is 37.3 Å². The van der Waals surface area contributed by atoms with Crippen LogP contribution < -0.4 is 0 Å². The lowest BCUT2D eigenvalue weighted by Crippen LogP contribution is -2.21. The molecule has 0 unspecified atom stereocenters. The molecule has 106 valence electrons. The minimum atomic E-state index is -0.203. The zero-order chi connectivity index (χ0) is 14.1. The number of nitrogens with zero attached hydrogens (tertiary/aromatic N) is 5. The highest BCUT2D eigenvalue weighted by Crippen LogP contribution is 2.17. The van der Waals surface area contributed by atoms with Gasteiger partial charge in [-0.05, 0) is 24.9 Å². The molecule has 1 fully saturated rings. The van der Waals surface area contributed by atoms with Gasteiger partial charge in [-0.15, -0.1) is 0 Å². The maximum Gasteiger partial charge on any atom is 0.224 e. The summed E-state index contributed by atoms with van der Waals surface area (Å²) in [6.45, 7) is 4.41. The normalized spacial score (nSPS) is 19.6. The summed E-state index contributed by atoms with van der Waals surface area (Å²) in [7, 11) is 0. The second-order valence-corrected chi connectivity index (χ2v) is 5.38. The summed E-state index contributed by atoms with van der Waals surface area (Å²) in [5.74, 6) is 0.654. The van der Waals surface area contributed by atoms with Crippen molar-refractivity contribution in [3.8, 4) is 5.82 Å². The molecule has 0 aliphatic carbocycles. The fraction of sp³-hybridized carbons (Fsp3) is 0.462. The Bertz CT molecular complexity index is 615. The first-order valence-corrected chi connectivity index (χ1v) is 6.94. The van der Waals surface area contributed by atoms with Gasteiger partial charge in [0.15, 0.2) is 5.82 Å². The monoisotopic (exact) mass is 293 g/mol. The first kappa shape index (κ1) is 13.5. The van der Waals surface area contributed by atoms with Crippen LogP contribution >= 0.6 is 11.6 Å². The van der Waals surface area contributed by atoms with Gasteiger partial charge in [0.2, 0.25) is 5.28 Å². The van der Waals surface area contributed by atoms with E-state index >= 15 is 0 Å². The predicted molar refractivity (Wildman–Crippen MR) is 74.8 cm³/mol. The van der Waals surface area contributed by atoms with E-state index in [9.17, 15) is 5.11 Å². The average Bonchev–Trinajstić information content (AvgIpc) is 2.97. The summed E-state index contributed by atoms with van der Waals surface area (Å²) < 4.78 is 1.71. The quantitative estimate of drug-likeness (QED) is 0.861. The largest absolute Gasteiger partial charge is 0.392 e. The molecule has 1 atom stereocenters. The van der Waals surface area contributed by atoms with Crippen molar-refractivity contribution in [2.75, 3.05) is 13.1 Å². The summed E-state index contributed by atoms with van der Waals surface area (Å²) >= 11 is 5.80. The Hall–Kier alpha value is -1.50. The molecule has 1 aliphatic heterocycles. The van der Waals surface area contributed by atoms with Crippen LogP contribution in [0.4, 0.5) is 0 Å². The Labute approximate surface area is 122 Å². The van der Waals surface area contributed by atoms with Crippen molar-refractivity contribution in [2.24, 2.45) is 0 Å². The summed E-state index contributed by atoms with van der Waals surface area (Å²) in [6.07, 6.45) is 4.21. The lowest BCUT2D eigenvalue weighted by Gasteiger charge is -2.13. The van der Waals surface area contributed by atoms with Crippen LogP contribution in [0.3, 0.4) is 0 Å². The Morgan fingerprint density at radius 1 is 1.50 bits per heavy atom. The molecule has 0 amide bonds. The predicted octanol–water partition coefficient (Wildman–Crippen LogP) is 1.19. The SMILES string of the molecule is Cc1nn(-c2ccnc(Cl)n2)cc1CN1CC[C@@H](O)C1. The van der Waals surface area contributed by atoms with Crippen LogP contribution in [0.15, 0.2) is 18.5 Å². The van der Waals surface area contributed by atoms with Crippen LogP contribution in [0, 0.1) is 6.92 Å². The molecule has 0 bridgehead atoms. The molecule has 2 aromatic heterocycles. The zero-order valence-corrected chi connectivity index (χ0v) is 12.0. The van der Waals surface area contributed by atoms with Crippen LogP contribution in [0.25, 0.3) is 5.82 Å². The van der Waals surface area contributed by atoms with Gasteiger partial charge in [0.25, 0.3) is 0 Å². The minimum absolute atomic E-state index is 0.203. The molecular weight excluding hydrogens is 278 g/mol. The molecule has 1 aliphatic rings. The van der Waals surface area contributed by atoms with Crippen LogP contribution in [0.2, 0.25) is 5.28 Å². The average molecular weight is 294 g/mol. The summed E-state index contributed by atoms with van der Waals surface area (Å²) in [5.41, 5.74) is 2.09. The van der Waals surface area contributed by atoms with Gasteiger partial charge in [0.1, 0.15) is 0 Å². The lowest BCUT2D eigenvalue weighted by molar-refractivity contribution is 0.174. The molecular formula is C13H16ClN5O. The molecule has 1 N–H and O–H groups in total. The van der Waals surface area contributed by atoms with Gasteiger partial charge in [-0.2, -0.15) is 10.1 Å². The van der Waals surface area contributed by atoms with Crippen LogP contribution in [0.5, 0.6) is 0 Å². The highest BCUT2D eigenvalue weighted by molar-refractivity contribution is 6.28. The lowest BCUT2D eigenvalue weighted by atomic mass is 10.2. The number of β-amino-alcohol motifs (C(OH)–C–C–N with tert-alkyl or cyclic N) is 1. The molecule has 0 aromatic carbocycles. The molecule has 0 radical (unpaired) electrons. The van der Waals surface area contributed by atoms with Gasteiger partial charge >= 0.3 is 0 Å². The van der Waals surface area contributed by atoms with Crippen molar-refractivity contribution in [3.63, 3.8) is 0 Å². The molecule has 3 rings (SSSR count). The van der Waals surface area contributed by atoms with Crippen molar-refractivity contribution < 1.29 is 5.11 Å². The van der Waals surface area contributed by atoms with Crippen molar-refractivity contribution in [2.45, 2.75) is 26.0 Å². The number of aryl methyl sites for hydroxylation is 1. The number of hydrogen-bond donors (Lipinski definition) is 1. The van der Waals surface area contributed by atoms with E-state index in [0.29, 0.717) is 5.82 Å². The number of aliphatic hydroxyl groups excluding tert-OH is 1. The van der Waals surface area contributed by atoms with E-state index in [1.807, 2.05) is 13.1 Å². The first-order chi connectivity index (χ1) is 9.61. The second-order valence-electron chi connectivity index (χ2n) is 5.05. The standard InChI is InChI=1S/C13H16ClN5O/c1-9-10(6-18-5-3-11(20)8-18)7-19(17-9)12-2-4-15-13(14)16-12/h2,4,7,11,20H,3,5-6,8H2,1H3/t11-/m1/s1. The first-order valence-electron chi connectivity index (χ1n) is 6.56. The van der Waals surface area contributed by atoms with Crippen molar-refractivity contribution in [1.29, 1.82) is 0 Å². The van der Waals surface area contributed by atoms with E-state index < -0.39 is 0 Å². The van der Waals surface area contributed by atoms with Gasteiger partial charge in [0, 0.05) is 43.7 Å². The Morgan fingerprint density at radius 2 is 2.35 bits per heavy atom. The van der Waals surface area contributed by atoms with E-state index in [1.54, 1.807) is 16.9 Å². The number of rotatable bonds is 3. The fourth-order valence-electron chi connectivity index (χ4n) is 2.42. The van der Waals surface area contributed by atoms with Crippen LogP contribution in [0.1, 0.15) is 17.7 Å². The van der Waals surface area contributed by atoms with Gasteiger partial charge in [0.05, 0.1) is 11.8 Å². The summed E-state index contributed by atoms with van der Waals surface area (Å²) in [4.78, 5) is 10.2. The highest BCUT2D eigenvalue weighted by Gasteiger charge is 2.21. The fourth-order valence-corrected chi connectivity index (χ4v) is 2.56. The maximum absolute atomic E-state index is 9.57. The highest BCUT2D eigenvalue weighted by atomic mass is 35.5. The third-order valence-electron chi connectivity index (χ3n) is 3.49. The number of hydrogen-bond acceptors (Lipinski definition) is 5. The maximum atomic E-state index is 9.57. The minimum Gasteiger partial charge on any atom is -0.392 e. The smallest absolute Gasteiger partial charge is 0.224 e. The number of likely N-dealkylation sites (tertiary alicyclic amines) is 1. The molecule has 7 heteroatoms. The number of aliphatic hydroxyl groups is 1. The third kappa shape index (κ3) is 2.82. The van der Waals surface area contributed by atoms with E-state index in [2.05, 4.69) is 20.0 Å². The molecule has 2 aromatic rings. The van der Waals surface area contributed by atoms with Gasteiger partial charge in [-0.25, -0.2) is 9.67 Å². The Morgan fingerprint density at radius 3 is 3.05 bits per heavy atom. The molecule has 20 heavy (non-hydrogen) atoms. The zero-order valence-electron chi connectivity index (χ0n) is 11.2. The van der Waals surface area contributed by atoms with Crippen molar-refractivity contribution in [3.05, 3.63) is 35.0 Å². The molecule has 3 heterocycles. The van der Waals surface area contributed by atoms with E-state index in [-0.39, 0.29) is 11.4 Å². The number of halogens is 1. The van der Waals surface area contributed by atoms with Crippen molar-refractivity contribution >= 4 is 11.6 Å². The summed E-state index contributed by atoms with van der Waals surface area (Å²) in [5, 5.41) is 14.2. The molecule has 1 saturated heterocycles. The van der Waals surface area contributed by atoms with E-state index in [1.165, 1.54) is 0 Å². The van der Waals surface area contributed by atoms with Crippen LogP contribution in [-0.2, 0) is 6.54 Å². The van der Waals surface area contributed by atoms with Crippen molar-refractivity contribution in [1.82, 2.24) is 24.6 Å². The molecule has 0 spiro atoms. The Kier molecular flexibility index (Phi) is 3.69. The van der Waals surface area contributed by atoms with Gasteiger partial charge < -0.3 is 5.11 Å². The number of aromatic nitrogens is 4. The second kappa shape index (κ2) is 5.47. The molecule has 0 saturated carbocycles. The van der Waals surface area contributed by atoms with Gasteiger partial charge in [-0.3, -0.25) is 4.90 Å². The summed E-state index contributed by atoms with van der Waals surface area (Å²) in [6, 6.07) is 1.77. The molecule has 6 nitrogen and oxygen atoms in total. The Balaban J connectivity index is 1.80. The third-order valence-corrected chi connectivity index (χ3v) is 3.67. The van der Waals surface area contributed by atoms with Gasteiger partial charge in [-0.1, -0.05) is 0 Å².